The molecule has 0 spiro atoms. The van der Waals surface area contributed by atoms with Crippen molar-refractivity contribution in [3.8, 4) is 0 Å². The summed E-state index contributed by atoms with van der Waals surface area (Å²) in [5.41, 5.74) is 0.828. The summed E-state index contributed by atoms with van der Waals surface area (Å²) in [5.74, 6) is 3.42. The fourth-order valence-electron chi connectivity index (χ4n) is 4.70. The molecule has 0 aromatic heterocycles. The van der Waals surface area contributed by atoms with Gasteiger partial charge in [0.2, 0.25) is 5.91 Å². The zero-order chi connectivity index (χ0) is 16.1. The molecular weight excluding hydrogens is 308 g/mol. The lowest BCUT2D eigenvalue weighted by Gasteiger charge is -2.11. The Hall–Kier alpha value is -1.49. The largest absolute Gasteiger partial charge is 0.339 e. The summed E-state index contributed by atoms with van der Waals surface area (Å²) >= 11 is 1.19. The molecule has 1 N–H and O–H groups in total. The van der Waals surface area contributed by atoms with Crippen molar-refractivity contribution in [2.24, 2.45) is 29.6 Å². The van der Waals surface area contributed by atoms with Crippen LogP contribution in [0.15, 0.2) is 29.2 Å². The molecular formula is C18H22N2O2S. The molecule has 3 fully saturated rings. The molecule has 23 heavy (non-hydrogen) atoms. The average Bonchev–Trinajstić information content (AvgIpc) is 2.97. The van der Waals surface area contributed by atoms with Crippen LogP contribution in [-0.4, -0.2) is 30.1 Å². The Labute approximate surface area is 141 Å². The summed E-state index contributed by atoms with van der Waals surface area (Å²) in [7, 11) is 3.48. The zero-order valence-electron chi connectivity index (χ0n) is 13.5. The number of thioether (sulfide) groups is 1. The number of rotatable bonds is 3. The van der Waals surface area contributed by atoms with Crippen LogP contribution in [0.4, 0.5) is 10.5 Å². The van der Waals surface area contributed by atoms with E-state index >= 15 is 0 Å². The van der Waals surface area contributed by atoms with E-state index in [4.69, 9.17) is 0 Å². The average molecular weight is 330 g/mol. The number of hydrogen-bond acceptors (Lipinski definition) is 3. The highest BCUT2D eigenvalue weighted by Crippen LogP contribution is 2.69. The van der Waals surface area contributed by atoms with Crippen molar-refractivity contribution in [2.45, 2.75) is 24.2 Å². The van der Waals surface area contributed by atoms with Crippen LogP contribution in [0.1, 0.15) is 19.3 Å². The molecule has 1 aromatic rings. The van der Waals surface area contributed by atoms with Crippen molar-refractivity contribution in [1.29, 1.82) is 0 Å². The lowest BCUT2D eigenvalue weighted by Crippen LogP contribution is -2.18. The highest BCUT2D eigenvalue weighted by Gasteiger charge is 2.67. The molecule has 3 saturated carbocycles. The van der Waals surface area contributed by atoms with E-state index in [1.165, 1.54) is 31.0 Å². The summed E-state index contributed by atoms with van der Waals surface area (Å²) in [6, 6.07) is 7.55. The summed E-state index contributed by atoms with van der Waals surface area (Å²) in [4.78, 5) is 26.6. The quantitative estimate of drug-likeness (QED) is 0.860. The third-order valence-corrected chi connectivity index (χ3v) is 6.78. The van der Waals surface area contributed by atoms with Crippen LogP contribution in [0.25, 0.3) is 0 Å². The van der Waals surface area contributed by atoms with Crippen molar-refractivity contribution >= 4 is 28.6 Å². The van der Waals surface area contributed by atoms with Gasteiger partial charge >= 0.3 is 0 Å². The second kappa shape index (κ2) is 5.55. The van der Waals surface area contributed by atoms with Crippen LogP contribution in [0, 0.1) is 29.6 Å². The van der Waals surface area contributed by atoms with Crippen LogP contribution in [0.5, 0.6) is 0 Å². The SMILES string of the molecule is CN(C)C(=O)Sc1ccc(NC(=O)C2[C@@H]3[C@H]4CC[C@@H](C4)[C@@H]23)cc1. The van der Waals surface area contributed by atoms with Gasteiger partial charge in [0.25, 0.3) is 5.24 Å². The van der Waals surface area contributed by atoms with Gasteiger partial charge in [0.15, 0.2) is 0 Å². The van der Waals surface area contributed by atoms with Crippen molar-refractivity contribution in [1.82, 2.24) is 4.90 Å². The number of amides is 2. The number of hydrogen-bond donors (Lipinski definition) is 1. The monoisotopic (exact) mass is 330 g/mol. The molecule has 3 aliphatic carbocycles. The molecule has 5 heteroatoms. The smallest absolute Gasteiger partial charge is 0.285 e. The molecule has 0 aliphatic heterocycles. The summed E-state index contributed by atoms with van der Waals surface area (Å²) < 4.78 is 0. The molecule has 4 nitrogen and oxygen atoms in total. The molecule has 4 atom stereocenters. The van der Waals surface area contributed by atoms with Gasteiger partial charge in [0.05, 0.1) is 0 Å². The second-order valence-electron chi connectivity index (χ2n) is 7.29. The number of carbonyl (C=O) groups excluding carboxylic acids is 2. The van der Waals surface area contributed by atoms with Crippen LogP contribution < -0.4 is 5.32 Å². The molecule has 0 heterocycles. The standard InChI is InChI=1S/C18H22N2O2S/c1-20(2)18(22)23-13-7-5-12(6-8-13)19-17(21)16-14-10-3-4-11(9-10)15(14)16/h5-8,10-11,14-16H,3-4,9H2,1-2H3,(H,19,21)/t10-,11-,14+,15+/m0/s1. The van der Waals surface area contributed by atoms with Gasteiger partial charge in [0.1, 0.15) is 0 Å². The molecule has 0 saturated heterocycles. The molecule has 0 unspecified atom stereocenters. The first kappa shape index (κ1) is 15.1. The third-order valence-electron chi connectivity index (χ3n) is 5.73. The van der Waals surface area contributed by atoms with Gasteiger partial charge < -0.3 is 10.2 Å². The normalized spacial score (nSPS) is 33.2. The molecule has 3 aliphatic rings. The lowest BCUT2D eigenvalue weighted by molar-refractivity contribution is -0.118. The van der Waals surface area contributed by atoms with Crippen LogP contribution in [-0.2, 0) is 4.79 Å². The summed E-state index contributed by atoms with van der Waals surface area (Å²) in [6.45, 7) is 0. The van der Waals surface area contributed by atoms with E-state index in [1.807, 2.05) is 24.3 Å². The fraction of sp³-hybridized carbons (Fsp3) is 0.556. The number of benzene rings is 1. The van der Waals surface area contributed by atoms with Gasteiger partial charge in [-0.1, -0.05) is 0 Å². The predicted octanol–water partition coefficient (Wildman–Crippen LogP) is 3.69. The maximum absolute atomic E-state index is 12.5. The van der Waals surface area contributed by atoms with Crippen LogP contribution in [0.3, 0.4) is 0 Å². The third kappa shape index (κ3) is 2.65. The van der Waals surface area contributed by atoms with E-state index in [2.05, 4.69) is 5.32 Å². The predicted molar refractivity (Wildman–Crippen MR) is 91.3 cm³/mol. The van der Waals surface area contributed by atoms with Gasteiger partial charge in [-0.15, -0.1) is 0 Å². The first-order chi connectivity index (χ1) is 11.0. The Bertz CT molecular complexity index is 627. The number of nitrogens with one attached hydrogen (secondary N) is 1. The van der Waals surface area contributed by atoms with Gasteiger partial charge in [-0.05, 0) is 79.0 Å². The molecule has 2 amide bonds. The Morgan fingerprint density at radius 3 is 2.26 bits per heavy atom. The minimum Gasteiger partial charge on any atom is -0.339 e. The van der Waals surface area contributed by atoms with Crippen LogP contribution in [0.2, 0.25) is 0 Å². The Morgan fingerprint density at radius 1 is 1.09 bits per heavy atom. The summed E-state index contributed by atoms with van der Waals surface area (Å²) in [6.07, 6.45) is 4.04. The van der Waals surface area contributed by atoms with Crippen molar-refractivity contribution in [3.63, 3.8) is 0 Å². The van der Waals surface area contributed by atoms with Gasteiger partial charge in [-0.3, -0.25) is 9.59 Å². The minimum absolute atomic E-state index is 0.00284. The van der Waals surface area contributed by atoms with Crippen molar-refractivity contribution < 1.29 is 9.59 Å². The maximum atomic E-state index is 12.5. The highest BCUT2D eigenvalue weighted by molar-refractivity contribution is 8.13. The van der Waals surface area contributed by atoms with Gasteiger partial charge in [0, 0.05) is 30.6 Å². The van der Waals surface area contributed by atoms with Crippen molar-refractivity contribution in [3.05, 3.63) is 24.3 Å². The van der Waals surface area contributed by atoms with E-state index in [1.54, 1.807) is 19.0 Å². The van der Waals surface area contributed by atoms with Gasteiger partial charge in [-0.25, -0.2) is 0 Å². The lowest BCUT2D eigenvalue weighted by atomic mass is 10.0. The molecule has 122 valence electrons. The van der Waals surface area contributed by atoms with E-state index < -0.39 is 0 Å². The number of nitrogens with zero attached hydrogens (tertiary/aromatic N) is 1. The number of carbonyl (C=O) groups is 2. The first-order valence-corrected chi connectivity index (χ1v) is 9.16. The zero-order valence-corrected chi connectivity index (χ0v) is 14.3. The number of fused-ring (bicyclic) bond motifs is 5. The maximum Gasteiger partial charge on any atom is 0.285 e. The Kier molecular flexibility index (Phi) is 3.63. The van der Waals surface area contributed by atoms with Gasteiger partial charge in [-0.2, -0.15) is 0 Å². The van der Waals surface area contributed by atoms with E-state index in [0.29, 0.717) is 11.8 Å². The Morgan fingerprint density at radius 2 is 1.70 bits per heavy atom. The van der Waals surface area contributed by atoms with E-state index in [0.717, 1.165) is 22.4 Å². The molecule has 4 rings (SSSR count). The van der Waals surface area contributed by atoms with E-state index in [9.17, 15) is 9.59 Å². The second-order valence-corrected chi connectivity index (χ2v) is 8.31. The van der Waals surface area contributed by atoms with Crippen LogP contribution >= 0.6 is 11.8 Å². The summed E-state index contributed by atoms with van der Waals surface area (Å²) in [5, 5.41) is 3.06. The minimum atomic E-state index is 0.00284. The Balaban J connectivity index is 1.35. The molecule has 1 aromatic carbocycles. The molecule has 2 bridgehead atoms. The first-order valence-electron chi connectivity index (χ1n) is 8.34. The topological polar surface area (TPSA) is 49.4 Å². The number of anilines is 1. The van der Waals surface area contributed by atoms with E-state index in [-0.39, 0.29) is 17.1 Å². The highest BCUT2D eigenvalue weighted by atomic mass is 32.2. The molecule has 0 radical (unpaired) electrons. The van der Waals surface area contributed by atoms with Crippen molar-refractivity contribution in [2.75, 3.05) is 19.4 Å². The fourth-order valence-corrected chi connectivity index (χ4v) is 5.36.